The van der Waals surface area contributed by atoms with E-state index < -0.39 is 0 Å². The van der Waals surface area contributed by atoms with Gasteiger partial charge in [0.2, 0.25) is 0 Å². The van der Waals surface area contributed by atoms with Gasteiger partial charge in [-0.2, -0.15) is 0 Å². The van der Waals surface area contributed by atoms with E-state index in [2.05, 4.69) is 15.2 Å². The second kappa shape index (κ2) is 7.15. The van der Waals surface area contributed by atoms with Crippen molar-refractivity contribution in [2.45, 2.75) is 19.4 Å². The summed E-state index contributed by atoms with van der Waals surface area (Å²) in [7, 11) is 0. The van der Waals surface area contributed by atoms with E-state index in [-0.39, 0.29) is 5.91 Å². The zero-order valence-electron chi connectivity index (χ0n) is 14.2. The number of aromatic nitrogens is 1. The fourth-order valence-electron chi connectivity index (χ4n) is 3.52. The van der Waals surface area contributed by atoms with E-state index >= 15 is 0 Å². The van der Waals surface area contributed by atoms with Crippen LogP contribution in [-0.2, 0) is 6.54 Å². The van der Waals surface area contributed by atoms with Gasteiger partial charge in [0.15, 0.2) is 0 Å². The lowest BCUT2D eigenvalue weighted by atomic mass is 9.96. The number of benzene rings is 1. The number of H-pyrrole nitrogens is 1. The van der Waals surface area contributed by atoms with Gasteiger partial charge in [0, 0.05) is 35.9 Å². The van der Waals surface area contributed by atoms with Gasteiger partial charge in [-0.1, -0.05) is 6.07 Å². The van der Waals surface area contributed by atoms with Gasteiger partial charge in [0.25, 0.3) is 5.91 Å². The van der Waals surface area contributed by atoms with Gasteiger partial charge < -0.3 is 14.7 Å². The van der Waals surface area contributed by atoms with Crippen molar-refractivity contribution < 1.29 is 9.21 Å². The predicted octanol–water partition coefficient (Wildman–Crippen LogP) is 3.40. The molecule has 0 unspecified atom stereocenters. The fraction of sp³-hybridized carbons (Fsp3) is 0.350. The van der Waals surface area contributed by atoms with Crippen molar-refractivity contribution in [3.05, 3.63) is 60.2 Å². The van der Waals surface area contributed by atoms with Gasteiger partial charge in [-0.05, 0) is 61.5 Å². The molecule has 0 radical (unpaired) electrons. The fourth-order valence-corrected chi connectivity index (χ4v) is 3.52. The van der Waals surface area contributed by atoms with Crippen LogP contribution in [0.15, 0.2) is 53.5 Å². The maximum atomic E-state index is 12.4. The highest BCUT2D eigenvalue weighted by Crippen LogP contribution is 2.19. The first kappa shape index (κ1) is 16.0. The minimum absolute atomic E-state index is 0.0114. The molecule has 1 aromatic carbocycles. The van der Waals surface area contributed by atoms with Crippen molar-refractivity contribution in [3.63, 3.8) is 0 Å². The molecule has 25 heavy (non-hydrogen) atoms. The number of carbonyl (C=O) groups is 1. The summed E-state index contributed by atoms with van der Waals surface area (Å²) >= 11 is 0. The Bertz CT molecular complexity index is 830. The number of furan rings is 1. The van der Waals surface area contributed by atoms with Crippen molar-refractivity contribution in [3.8, 4) is 0 Å². The Morgan fingerprint density at radius 1 is 1.24 bits per heavy atom. The molecular formula is C20H23N3O2. The van der Waals surface area contributed by atoms with Crippen LogP contribution in [0.2, 0.25) is 0 Å². The lowest BCUT2D eigenvalue weighted by molar-refractivity contribution is 0.0935. The normalized spacial score (nSPS) is 16.3. The van der Waals surface area contributed by atoms with Crippen LogP contribution in [0.1, 0.15) is 28.8 Å². The second-order valence-corrected chi connectivity index (χ2v) is 6.84. The van der Waals surface area contributed by atoms with E-state index in [0.717, 1.165) is 49.9 Å². The molecule has 4 rings (SSSR count). The lowest BCUT2D eigenvalue weighted by Gasteiger charge is -2.31. The molecule has 5 heteroatoms. The number of rotatable bonds is 5. The molecule has 5 nitrogen and oxygen atoms in total. The SMILES string of the molecule is O=C(NCC1CCN(Cc2ccoc2)CC1)c1ccc2cc[nH]c2c1. The van der Waals surface area contributed by atoms with Gasteiger partial charge >= 0.3 is 0 Å². The number of nitrogens with one attached hydrogen (secondary N) is 2. The van der Waals surface area contributed by atoms with Crippen LogP contribution in [0.4, 0.5) is 0 Å². The summed E-state index contributed by atoms with van der Waals surface area (Å²) in [6.07, 6.45) is 7.67. The third-order valence-electron chi connectivity index (χ3n) is 5.06. The van der Waals surface area contributed by atoms with Gasteiger partial charge in [0.05, 0.1) is 12.5 Å². The topological polar surface area (TPSA) is 61.3 Å². The first-order chi connectivity index (χ1) is 12.3. The molecule has 130 valence electrons. The molecular weight excluding hydrogens is 314 g/mol. The Morgan fingerprint density at radius 3 is 2.92 bits per heavy atom. The lowest BCUT2D eigenvalue weighted by Crippen LogP contribution is -2.38. The third-order valence-corrected chi connectivity index (χ3v) is 5.06. The molecule has 3 heterocycles. The summed E-state index contributed by atoms with van der Waals surface area (Å²) < 4.78 is 5.13. The number of hydrogen-bond acceptors (Lipinski definition) is 3. The number of amides is 1. The molecule has 2 aromatic heterocycles. The van der Waals surface area contributed by atoms with Crippen molar-refractivity contribution in [2.24, 2.45) is 5.92 Å². The molecule has 0 aliphatic carbocycles. The summed E-state index contributed by atoms with van der Waals surface area (Å²) in [4.78, 5) is 18.0. The summed E-state index contributed by atoms with van der Waals surface area (Å²) in [6, 6.07) is 9.81. The van der Waals surface area contributed by atoms with Crippen molar-refractivity contribution in [2.75, 3.05) is 19.6 Å². The molecule has 1 saturated heterocycles. The average Bonchev–Trinajstić information content (AvgIpc) is 3.31. The zero-order valence-corrected chi connectivity index (χ0v) is 14.2. The van der Waals surface area contributed by atoms with Crippen molar-refractivity contribution in [1.29, 1.82) is 0 Å². The molecule has 3 aromatic rings. The maximum absolute atomic E-state index is 12.4. The molecule has 1 aliphatic rings. The van der Waals surface area contributed by atoms with E-state index in [4.69, 9.17) is 4.42 Å². The Kier molecular flexibility index (Phi) is 4.57. The van der Waals surface area contributed by atoms with Crippen LogP contribution in [0, 0.1) is 5.92 Å². The van der Waals surface area contributed by atoms with E-state index in [1.165, 1.54) is 5.56 Å². The summed E-state index contributed by atoms with van der Waals surface area (Å²) in [6.45, 7) is 3.84. The van der Waals surface area contributed by atoms with E-state index in [1.807, 2.05) is 42.8 Å². The number of fused-ring (bicyclic) bond motifs is 1. The van der Waals surface area contributed by atoms with Crippen LogP contribution < -0.4 is 5.32 Å². The summed E-state index contributed by atoms with van der Waals surface area (Å²) in [5, 5.41) is 4.23. The standard InChI is InChI=1S/C20H23N3O2/c24-20(18-2-1-17-3-7-21-19(17)11-18)22-12-15-4-8-23(9-5-15)13-16-6-10-25-14-16/h1-3,6-7,10-11,14-15,21H,4-5,8-9,12-13H2,(H,22,24). The van der Waals surface area contributed by atoms with E-state index in [1.54, 1.807) is 6.26 Å². The minimum atomic E-state index is 0.0114. The number of hydrogen-bond donors (Lipinski definition) is 2. The Morgan fingerprint density at radius 2 is 2.12 bits per heavy atom. The van der Waals surface area contributed by atoms with E-state index in [9.17, 15) is 4.79 Å². The molecule has 1 aliphatic heterocycles. The highest BCUT2D eigenvalue weighted by molar-refractivity contribution is 5.97. The molecule has 0 saturated carbocycles. The maximum Gasteiger partial charge on any atom is 0.251 e. The predicted molar refractivity (Wildman–Crippen MR) is 97.3 cm³/mol. The number of carbonyl (C=O) groups excluding carboxylic acids is 1. The second-order valence-electron chi connectivity index (χ2n) is 6.84. The molecule has 0 atom stereocenters. The van der Waals surface area contributed by atoms with Gasteiger partial charge in [0.1, 0.15) is 0 Å². The molecule has 0 spiro atoms. The molecule has 0 bridgehead atoms. The Hall–Kier alpha value is -2.53. The smallest absolute Gasteiger partial charge is 0.251 e. The number of piperidine rings is 1. The Balaban J connectivity index is 1.25. The average molecular weight is 337 g/mol. The monoisotopic (exact) mass is 337 g/mol. The molecule has 2 N–H and O–H groups in total. The van der Waals surface area contributed by atoms with Gasteiger partial charge in [-0.25, -0.2) is 0 Å². The van der Waals surface area contributed by atoms with Crippen molar-refractivity contribution >= 4 is 16.8 Å². The number of nitrogens with zero attached hydrogens (tertiary/aromatic N) is 1. The van der Waals surface area contributed by atoms with Crippen LogP contribution in [0.3, 0.4) is 0 Å². The summed E-state index contributed by atoms with van der Waals surface area (Å²) in [5.41, 5.74) is 2.94. The van der Waals surface area contributed by atoms with Crippen LogP contribution >= 0.6 is 0 Å². The van der Waals surface area contributed by atoms with Crippen LogP contribution in [0.25, 0.3) is 10.9 Å². The molecule has 1 amide bonds. The minimum Gasteiger partial charge on any atom is -0.472 e. The van der Waals surface area contributed by atoms with Gasteiger partial charge in [-0.3, -0.25) is 9.69 Å². The summed E-state index contributed by atoms with van der Waals surface area (Å²) in [5.74, 6) is 0.566. The zero-order chi connectivity index (χ0) is 17.1. The highest BCUT2D eigenvalue weighted by Gasteiger charge is 2.20. The quantitative estimate of drug-likeness (QED) is 0.750. The first-order valence-corrected chi connectivity index (χ1v) is 8.87. The molecule has 1 fully saturated rings. The Labute approximate surface area is 147 Å². The van der Waals surface area contributed by atoms with Crippen LogP contribution in [-0.4, -0.2) is 35.4 Å². The number of aromatic amines is 1. The van der Waals surface area contributed by atoms with Crippen LogP contribution in [0.5, 0.6) is 0 Å². The van der Waals surface area contributed by atoms with E-state index in [0.29, 0.717) is 11.5 Å². The highest BCUT2D eigenvalue weighted by atomic mass is 16.3. The van der Waals surface area contributed by atoms with Crippen molar-refractivity contribution in [1.82, 2.24) is 15.2 Å². The third kappa shape index (κ3) is 3.77. The largest absolute Gasteiger partial charge is 0.472 e. The number of likely N-dealkylation sites (tertiary alicyclic amines) is 1. The first-order valence-electron chi connectivity index (χ1n) is 8.87. The van der Waals surface area contributed by atoms with Gasteiger partial charge in [-0.15, -0.1) is 0 Å².